The Kier molecular flexibility index (Phi) is 3.74. The largest absolute Gasteiger partial charge is 0.315 e. The van der Waals surface area contributed by atoms with Gasteiger partial charge in [-0.05, 0) is 6.92 Å². The van der Waals surface area contributed by atoms with Crippen molar-refractivity contribution >= 4 is 33.0 Å². The molecule has 0 unspecified atom stereocenters. The maximum absolute atomic E-state index is 11.2. The second-order valence-corrected chi connectivity index (χ2v) is 5.74. The van der Waals surface area contributed by atoms with E-state index in [1.54, 1.807) is 6.92 Å². The van der Waals surface area contributed by atoms with Crippen LogP contribution in [0.5, 0.6) is 0 Å². The number of sulfonamides is 1. The Morgan fingerprint density at radius 1 is 1.58 bits per heavy atom. The van der Waals surface area contributed by atoms with Gasteiger partial charge in [0.25, 0.3) is 0 Å². The molecule has 0 N–H and O–H groups in total. The van der Waals surface area contributed by atoms with E-state index in [0.29, 0.717) is 25.6 Å². The van der Waals surface area contributed by atoms with Crippen molar-refractivity contribution < 1.29 is 11.5 Å². The monoisotopic (exact) mass is 305 g/mol. The van der Waals surface area contributed by atoms with Gasteiger partial charge in [-0.3, -0.25) is 0 Å². The molecule has 0 amide bonds. The topological polar surface area (TPSA) is 46.6 Å². The average Bonchev–Trinajstić information content (AvgIpc) is 1.95. The summed E-state index contributed by atoms with van der Waals surface area (Å²) in [5, 5.41) is 0. The fourth-order valence-electron chi connectivity index (χ4n) is 1.13. The summed E-state index contributed by atoms with van der Waals surface area (Å²) in [6, 6.07) is 0. The molecule has 0 radical (unpaired) electrons. The van der Waals surface area contributed by atoms with Gasteiger partial charge in [-0.15, -0.1) is 0 Å². The van der Waals surface area contributed by atoms with Crippen LogP contribution < -0.4 is 0 Å². The van der Waals surface area contributed by atoms with Crippen molar-refractivity contribution in [1.29, 1.82) is 0 Å². The summed E-state index contributed by atoms with van der Waals surface area (Å²) in [6.07, 6.45) is 0. The van der Waals surface area contributed by atoms with Crippen LogP contribution in [0.4, 0.5) is 0 Å². The predicted octanol–water partition coefficient (Wildman–Crippen LogP) is 0.635. The zero-order chi connectivity index (χ0) is 9.19. The van der Waals surface area contributed by atoms with Crippen LogP contribution in [0.2, 0.25) is 0 Å². The molecule has 0 spiro atoms. The molecule has 1 aliphatic heterocycles. The van der Waals surface area contributed by atoms with Crippen LogP contribution in [0.25, 0.3) is 0 Å². The number of hydrogen-bond acceptors (Lipinski definition) is 3. The summed E-state index contributed by atoms with van der Waals surface area (Å²) < 4.78 is 28.8. The van der Waals surface area contributed by atoms with Gasteiger partial charge in [-0.2, -0.15) is 0 Å². The van der Waals surface area contributed by atoms with Gasteiger partial charge in [0.2, 0.25) is 10.0 Å². The van der Waals surface area contributed by atoms with Gasteiger partial charge in [0.1, 0.15) is 23.0 Å². The quantitative estimate of drug-likeness (QED) is 0.716. The molecule has 12 heavy (non-hydrogen) atoms. The van der Waals surface area contributed by atoms with Gasteiger partial charge in [0, 0.05) is 19.0 Å². The lowest BCUT2D eigenvalue weighted by Crippen LogP contribution is -2.51. The van der Waals surface area contributed by atoms with Crippen LogP contribution in [-0.2, 0) is 13.1 Å². The molecule has 0 bridgehead atoms. The highest BCUT2D eigenvalue weighted by Crippen LogP contribution is 2.20. The van der Waals surface area contributed by atoms with Gasteiger partial charge in [0.05, 0.1) is 12.4 Å². The molecule has 0 aromatic heterocycles. The Labute approximate surface area is 87.0 Å². The predicted molar refractivity (Wildman–Crippen MR) is 54.5 cm³/mol. The minimum Gasteiger partial charge on any atom is -0.315 e. The highest BCUT2D eigenvalue weighted by molar-refractivity contribution is 14.1. The molecule has 0 aromatic carbocycles. The van der Waals surface area contributed by atoms with Crippen LogP contribution in [0.3, 0.4) is 0 Å². The van der Waals surface area contributed by atoms with E-state index in [0.717, 1.165) is 0 Å². The zero-order valence-corrected chi connectivity index (χ0v) is 9.84. The molecular formula is C6H12INO3S. The normalized spacial score (nSPS) is 20.8. The summed E-state index contributed by atoms with van der Waals surface area (Å²) >= 11 is 1.83. The summed E-state index contributed by atoms with van der Waals surface area (Å²) in [7, 11) is -2.94. The number of nitrogens with zero attached hydrogens (tertiary/aromatic N) is 1. The van der Waals surface area contributed by atoms with Crippen molar-refractivity contribution in [2.24, 2.45) is 5.92 Å². The van der Waals surface area contributed by atoms with Crippen molar-refractivity contribution in [3.63, 3.8) is 0 Å². The van der Waals surface area contributed by atoms with Gasteiger partial charge >= 0.3 is 0 Å². The van der Waals surface area contributed by atoms with E-state index in [1.165, 1.54) is 4.31 Å². The number of rotatable bonds is 4. The summed E-state index contributed by atoms with van der Waals surface area (Å²) in [5.74, 6) is 0.591. The molecule has 1 heterocycles. The molecule has 0 atom stereocenters. The van der Waals surface area contributed by atoms with Crippen LogP contribution >= 0.6 is 23.0 Å². The van der Waals surface area contributed by atoms with Crippen molar-refractivity contribution in [2.75, 3.05) is 25.4 Å². The molecule has 0 saturated carbocycles. The minimum absolute atomic E-state index is 0.199. The van der Waals surface area contributed by atoms with Crippen molar-refractivity contribution in [1.82, 2.24) is 4.31 Å². The van der Waals surface area contributed by atoms with Crippen molar-refractivity contribution in [3.05, 3.63) is 0 Å². The molecule has 1 fully saturated rings. The van der Waals surface area contributed by atoms with Crippen LogP contribution in [-0.4, -0.2) is 38.2 Å². The second kappa shape index (κ2) is 4.21. The van der Waals surface area contributed by atoms with Gasteiger partial charge in [-0.1, -0.05) is 0 Å². The highest BCUT2D eigenvalue weighted by atomic mass is 127. The van der Waals surface area contributed by atoms with Gasteiger partial charge in [0.15, 0.2) is 0 Å². The second-order valence-electron chi connectivity index (χ2n) is 2.86. The van der Waals surface area contributed by atoms with E-state index in [9.17, 15) is 8.42 Å². The molecule has 1 rings (SSSR count). The van der Waals surface area contributed by atoms with Crippen LogP contribution in [0.1, 0.15) is 6.92 Å². The summed E-state index contributed by atoms with van der Waals surface area (Å²) in [5.41, 5.74) is 0. The lowest BCUT2D eigenvalue weighted by atomic mass is 10.1. The van der Waals surface area contributed by atoms with E-state index in [-0.39, 0.29) is 5.75 Å². The lowest BCUT2D eigenvalue weighted by molar-refractivity contribution is 0.153. The van der Waals surface area contributed by atoms with Crippen molar-refractivity contribution in [2.45, 2.75) is 6.92 Å². The zero-order valence-electron chi connectivity index (χ0n) is 6.86. The first kappa shape index (κ1) is 10.7. The number of hydrogen-bond donors (Lipinski definition) is 0. The first-order chi connectivity index (χ1) is 5.60. The van der Waals surface area contributed by atoms with Gasteiger partial charge in [-0.25, -0.2) is 12.7 Å². The molecular weight excluding hydrogens is 293 g/mol. The Balaban J connectivity index is 2.34. The third kappa shape index (κ3) is 2.30. The fraction of sp³-hybridized carbons (Fsp3) is 1.00. The van der Waals surface area contributed by atoms with E-state index >= 15 is 0 Å². The Bertz CT molecular complexity index is 235. The molecule has 1 saturated heterocycles. The van der Waals surface area contributed by atoms with Crippen LogP contribution in [0.15, 0.2) is 0 Å². The maximum Gasteiger partial charge on any atom is 0.213 e. The Morgan fingerprint density at radius 2 is 2.17 bits per heavy atom. The third-order valence-corrected chi connectivity index (χ3v) is 4.15. The van der Waals surface area contributed by atoms with Crippen LogP contribution in [0, 0.1) is 5.92 Å². The smallest absolute Gasteiger partial charge is 0.213 e. The van der Waals surface area contributed by atoms with Crippen molar-refractivity contribution in [3.8, 4) is 0 Å². The van der Waals surface area contributed by atoms with E-state index in [2.05, 4.69) is 0 Å². The van der Waals surface area contributed by atoms with E-state index in [1.807, 2.05) is 23.0 Å². The fourth-order valence-corrected chi connectivity index (χ4v) is 2.88. The summed E-state index contributed by atoms with van der Waals surface area (Å²) in [6.45, 7) is 3.56. The Hall–Kier alpha value is 0.600. The Morgan fingerprint density at radius 3 is 2.58 bits per heavy atom. The lowest BCUT2D eigenvalue weighted by Gasteiger charge is -2.37. The van der Waals surface area contributed by atoms with Gasteiger partial charge < -0.3 is 3.07 Å². The third-order valence-electron chi connectivity index (χ3n) is 1.98. The SMILES string of the molecule is CCS(=O)(=O)N1CC(COI)C1. The highest BCUT2D eigenvalue weighted by Gasteiger charge is 2.34. The molecule has 0 aliphatic carbocycles. The first-order valence-corrected chi connectivity index (χ1v) is 6.30. The van der Waals surface area contributed by atoms with E-state index in [4.69, 9.17) is 3.07 Å². The molecule has 1 aliphatic rings. The molecule has 4 nitrogen and oxygen atoms in total. The molecule has 72 valence electrons. The molecule has 6 heteroatoms. The van der Waals surface area contributed by atoms with E-state index < -0.39 is 10.0 Å². The molecule has 0 aromatic rings. The standard InChI is InChI=1S/C6H12INO3S/c1-2-12(9,10)8-3-6(4-8)5-11-7/h6H,2-5H2,1H3. The first-order valence-electron chi connectivity index (χ1n) is 3.81. The summed E-state index contributed by atoms with van der Waals surface area (Å²) in [4.78, 5) is 0. The maximum atomic E-state index is 11.2. The minimum atomic E-state index is -2.94. The average molecular weight is 305 g/mol. The number of halogens is 1.